The van der Waals surface area contributed by atoms with Crippen molar-refractivity contribution in [3.8, 4) is 0 Å². The van der Waals surface area contributed by atoms with Crippen LogP contribution < -0.4 is 178 Å². The summed E-state index contributed by atoms with van der Waals surface area (Å²) in [5.74, 6) is 0. The Morgan fingerprint density at radius 2 is 0.843 bits per heavy atom. The first-order valence-electron chi connectivity index (χ1n) is 19.5. The normalized spacial score (nSPS) is 12.0. The van der Waals surface area contributed by atoms with E-state index < -0.39 is 99.3 Å². The standard InChI is InChI=1S/C12H10Cl2O8S3.C12H8Cl2O8S3.C12H8Cl2O2S.CH5PS2.CH3PS.2ClH.5Na.2H2O/c13-9-3-1-7(5-11(9)24(17,18)19)23(15,16)8-2-4-10(14)12(6-8)25(20,21)22;13-9-3-1-7(5-11(9)23-22-21-15)24(16,17)8-2-4-10(14)12(6-8)25(18,19)20;13-9-1-5-11(6-2-9)17(15,16)12-7-3-10(14)4-8-12;2-1(3)4;2-1-3;;;;;;;;;/h1-6,17-19H,(H,20,21,22);1-6,15H,(H,18,19,20);1-8H;1,3-4H,2H2;1H,2H2;2*1H;;;;;;2*1H2/q;;;;;;;5*+1;;/p-5/i;;;2*1D;;;;;;;;;/hD. The molecule has 0 bridgehead atoms. The van der Waals surface area contributed by atoms with Gasteiger partial charge in [-0.15, -0.1) is 18.5 Å². The van der Waals surface area contributed by atoms with E-state index in [4.69, 9.17) is 78.0 Å². The second-order valence-corrected chi connectivity index (χ2v) is 29.9. The van der Waals surface area contributed by atoms with Crippen LogP contribution in [-0.4, -0.2) is 86.3 Å². The van der Waals surface area contributed by atoms with Crippen molar-refractivity contribution in [2.24, 2.45) is 0 Å². The zero-order chi connectivity index (χ0) is 59.3. The average Bonchev–Trinajstić information content (AvgIpc) is 3.31. The molecule has 6 aromatic carbocycles. The van der Waals surface area contributed by atoms with Crippen LogP contribution in [0.1, 0.15) is 2.74 Å². The monoisotopic (exact) mass is 1590 g/mol. The molecule has 0 aliphatic carbocycles. The molecule has 0 saturated heterocycles. The van der Waals surface area contributed by atoms with Crippen LogP contribution in [0.5, 0.6) is 0 Å². The van der Waals surface area contributed by atoms with Crippen LogP contribution in [0.3, 0.4) is 0 Å². The number of sulfone groups is 3. The predicted molar refractivity (Wildman–Crippen MR) is 305 cm³/mol. The zero-order valence-corrected chi connectivity index (χ0v) is 68.9. The molecule has 0 spiro atoms. The predicted octanol–water partition coefficient (Wildman–Crippen LogP) is -10.7. The molecule has 6 aromatic rings. The van der Waals surface area contributed by atoms with Crippen molar-refractivity contribution in [3.05, 3.63) is 151 Å². The number of halogens is 8. The number of thiol groups is 2. The first-order valence-corrected chi connectivity index (χ1v) is 32.3. The molecule has 0 aliphatic rings. The van der Waals surface area contributed by atoms with Crippen molar-refractivity contribution in [2.75, 3.05) is 0 Å². The van der Waals surface area contributed by atoms with Gasteiger partial charge in [0.1, 0.15) is 27.0 Å². The number of rotatable bonds is 13. The Bertz CT molecular complexity index is 3630. The van der Waals surface area contributed by atoms with Gasteiger partial charge in [-0.3, -0.25) is 9.59 Å². The summed E-state index contributed by atoms with van der Waals surface area (Å²) < 4.78 is 191. The summed E-state index contributed by atoms with van der Waals surface area (Å²) in [6, 6.07) is 23.7. The van der Waals surface area contributed by atoms with Gasteiger partial charge in [-0.1, -0.05) is 81.8 Å². The second kappa shape index (κ2) is 47.3. The summed E-state index contributed by atoms with van der Waals surface area (Å²) in [7, 11) is -21.9. The fourth-order valence-electron chi connectivity index (χ4n) is 4.95. The van der Waals surface area contributed by atoms with Crippen LogP contribution in [0, 0.1) is 0 Å². The van der Waals surface area contributed by atoms with Gasteiger partial charge in [0.15, 0.2) is 0 Å². The van der Waals surface area contributed by atoms with Gasteiger partial charge in [0.2, 0.25) is 29.5 Å². The summed E-state index contributed by atoms with van der Waals surface area (Å²) >= 11 is 43.1. The Labute approximate surface area is 663 Å². The number of hydrogen-bond donors (Lipinski definition) is 6. The third-order valence-electron chi connectivity index (χ3n) is 8.09. The van der Waals surface area contributed by atoms with Crippen LogP contribution in [0.15, 0.2) is 170 Å². The van der Waals surface area contributed by atoms with E-state index in [1.165, 1.54) is 30.3 Å². The first-order chi connectivity index (χ1) is 35.1. The Kier molecular flexibility index (Phi) is 54.7. The minimum atomic E-state index is -4.97. The zero-order valence-electron chi connectivity index (χ0n) is 45.3. The molecule has 3 atom stereocenters. The van der Waals surface area contributed by atoms with E-state index in [9.17, 15) is 65.6 Å². The fourth-order valence-corrected chi connectivity index (χ4v) is 13.0. The third-order valence-corrected chi connectivity index (χ3v) is 19.0. The Morgan fingerprint density at radius 3 is 1.14 bits per heavy atom. The smallest absolute Gasteiger partial charge is 1.00 e. The molecule has 20 nitrogen and oxygen atoms in total. The van der Waals surface area contributed by atoms with Crippen LogP contribution in [0.2, 0.25) is 30.1 Å². The number of benzene rings is 6. The summed E-state index contributed by atoms with van der Waals surface area (Å²) in [5, 5.41) is 13.2. The summed E-state index contributed by atoms with van der Waals surface area (Å²) in [6.45, 7) is 0. The summed E-state index contributed by atoms with van der Waals surface area (Å²) in [4.78, 5) is -3.58. The molecule has 0 heterocycles. The largest absolute Gasteiger partial charge is 1.00 e. The molecule has 0 saturated carbocycles. The molecule has 0 aromatic heterocycles. The molecule has 0 radical (unpaired) electrons. The van der Waals surface area contributed by atoms with Crippen LogP contribution in [-0.2, 0) is 59.1 Å². The molecule has 6 rings (SSSR count). The minimum absolute atomic E-state index is 0. The topological polar surface area (TPSA) is 378 Å². The third kappa shape index (κ3) is 34.0. The molecular formula is C38H35Cl8Na5O20P2S10. The second-order valence-electron chi connectivity index (χ2n) is 12.9. The quantitative estimate of drug-likeness (QED) is 0.00720. The fraction of sp³-hybridized carbons (Fsp3) is 0.0263. The van der Waals surface area contributed by atoms with E-state index in [-0.39, 0.29) is 223 Å². The molecule has 0 fully saturated rings. The molecule has 7 N–H and O–H groups in total. The van der Waals surface area contributed by atoms with E-state index in [1.54, 1.807) is 24.3 Å². The van der Waals surface area contributed by atoms with Crippen molar-refractivity contribution < 1.29 is 266 Å². The molecule has 0 amide bonds. The summed E-state index contributed by atoms with van der Waals surface area (Å²) in [6.07, 6.45) is 0. The maximum Gasteiger partial charge on any atom is 1.00 e. The van der Waals surface area contributed by atoms with Crippen molar-refractivity contribution in [3.63, 3.8) is 0 Å². The van der Waals surface area contributed by atoms with Crippen molar-refractivity contribution in [1.29, 1.82) is 1.12 Å². The van der Waals surface area contributed by atoms with Gasteiger partial charge in [-0.25, -0.2) is 33.7 Å². The SMILES string of the molecule is O.O=S(=O)(O)c1cc(S(=O)(=O)c2ccc(Cl)c(S(O)(O)O)c2)ccc1Cl.O=S(=O)([O-])c1cc(S(=O)(=O)c2ccc(Cl)c(SOO[O-])c2)ccc1Cl.O=S(=O)(c1ccc(Cl)cc1)c1ccc(Cl)cc1.[2H]C(P)=S.[2H]SC([2H])(P)S.[Cl-].[Cl-].[Na+].[Na+].[Na+].[Na+].[Na+].[OH-]. The van der Waals surface area contributed by atoms with Gasteiger partial charge >= 0.3 is 148 Å². The van der Waals surface area contributed by atoms with Crippen molar-refractivity contribution >= 4 is 203 Å². The number of thiocarbonyl (C=S) groups is 1. The molecule has 3 unspecified atom stereocenters. The van der Waals surface area contributed by atoms with Gasteiger partial charge in [-0.05, 0) is 126 Å². The Morgan fingerprint density at radius 1 is 0.578 bits per heavy atom. The van der Waals surface area contributed by atoms with E-state index in [1.807, 2.05) is 0 Å². The summed E-state index contributed by atoms with van der Waals surface area (Å²) in [5.41, 5.74) is 0. The minimum Gasteiger partial charge on any atom is -1.00 e. The number of hydrogen-bond acceptors (Lipinski definition) is 22. The van der Waals surface area contributed by atoms with Crippen LogP contribution in [0.25, 0.3) is 0 Å². The molecule has 438 valence electrons. The van der Waals surface area contributed by atoms with Crippen LogP contribution >= 0.6 is 148 Å². The van der Waals surface area contributed by atoms with Gasteiger partial charge in [0.25, 0.3) is 10.1 Å². The Hall–Kier alpha value is 4.34. The van der Waals surface area contributed by atoms with Crippen molar-refractivity contribution in [2.45, 2.75) is 53.3 Å². The van der Waals surface area contributed by atoms with Crippen molar-refractivity contribution in [1.82, 2.24) is 0 Å². The van der Waals surface area contributed by atoms with Gasteiger partial charge in [-0.2, -0.15) is 37.9 Å². The van der Waals surface area contributed by atoms with E-state index in [0.717, 1.165) is 54.6 Å². The maximum atomic E-state index is 12.6. The van der Waals surface area contributed by atoms with E-state index >= 15 is 0 Å². The van der Waals surface area contributed by atoms with E-state index in [2.05, 4.69) is 52.7 Å². The molecule has 45 heteroatoms. The first kappa shape index (κ1) is 96.0. The van der Waals surface area contributed by atoms with E-state index in [0.29, 0.717) is 46.8 Å². The van der Waals surface area contributed by atoms with Gasteiger partial charge in [0.05, 0.1) is 83.2 Å². The molecular weight excluding hydrogens is 1560 g/mol. The van der Waals surface area contributed by atoms with Gasteiger partial charge in [0, 0.05) is 10.0 Å². The molecule has 0 aliphatic heterocycles. The average molecular weight is 1600 g/mol. The molecule has 83 heavy (non-hydrogen) atoms. The van der Waals surface area contributed by atoms with Gasteiger partial charge < -0.3 is 59.2 Å². The maximum absolute atomic E-state index is 12.6. The Balaban J connectivity index is -0.000000158. The van der Waals surface area contributed by atoms with Crippen LogP contribution in [0.4, 0.5) is 0 Å².